The van der Waals surface area contributed by atoms with Gasteiger partial charge in [-0.05, 0) is 12.1 Å². The third kappa shape index (κ3) is 2.18. The molecule has 1 fully saturated rings. The molecule has 0 radical (unpaired) electrons. The summed E-state index contributed by atoms with van der Waals surface area (Å²) in [5, 5.41) is 14.6. The monoisotopic (exact) mass is 292 g/mol. The van der Waals surface area contributed by atoms with E-state index in [1.54, 1.807) is 0 Å². The number of rotatable bonds is 3. The quantitative estimate of drug-likeness (QED) is 0.671. The van der Waals surface area contributed by atoms with E-state index < -0.39 is 16.9 Å². The zero-order valence-electron chi connectivity index (χ0n) is 10.6. The molecule has 1 aliphatic rings. The highest BCUT2D eigenvalue weighted by atomic mass is 32.1. The molecular weight excluding hydrogens is 280 g/mol. The zero-order valence-corrected chi connectivity index (χ0v) is 11.5. The van der Waals surface area contributed by atoms with Crippen molar-refractivity contribution in [2.24, 2.45) is 18.1 Å². The molecule has 104 valence electrons. The lowest BCUT2D eigenvalue weighted by Crippen LogP contribution is -2.26. The van der Waals surface area contributed by atoms with Crippen molar-refractivity contribution < 1.29 is 9.72 Å². The van der Waals surface area contributed by atoms with Crippen LogP contribution < -0.4 is 10.2 Å². The van der Waals surface area contributed by atoms with Crippen LogP contribution >= 0.6 is 11.3 Å². The Bertz CT molecular complexity index is 763. The van der Waals surface area contributed by atoms with Crippen LogP contribution in [0.5, 0.6) is 0 Å². The molecule has 0 unspecified atom stereocenters. The number of aromatic nitrogens is 1. The fourth-order valence-electron chi connectivity index (χ4n) is 2.07. The molecule has 1 amide bonds. The maximum Gasteiger partial charge on any atom is 0.250 e. The van der Waals surface area contributed by atoms with Gasteiger partial charge in [0.25, 0.3) is 0 Å². The Balaban J connectivity index is 1.80. The number of para-hydroxylation sites is 1. The molecule has 1 N–H and O–H groups in total. The van der Waals surface area contributed by atoms with Crippen LogP contribution in [0.3, 0.4) is 0 Å². The predicted octanol–water partition coefficient (Wildman–Crippen LogP) is 0.837. The van der Waals surface area contributed by atoms with E-state index >= 15 is 0 Å². The van der Waals surface area contributed by atoms with Crippen LogP contribution in [0, 0.1) is 16.0 Å². The van der Waals surface area contributed by atoms with Gasteiger partial charge in [-0.1, -0.05) is 23.5 Å². The smallest absolute Gasteiger partial charge is 0.250 e. The van der Waals surface area contributed by atoms with Gasteiger partial charge in [-0.2, -0.15) is 0 Å². The van der Waals surface area contributed by atoms with Crippen molar-refractivity contribution >= 4 is 27.5 Å². The Morgan fingerprint density at radius 3 is 2.95 bits per heavy atom. The number of carbonyl (C=O) groups is 1. The van der Waals surface area contributed by atoms with Gasteiger partial charge in [0.1, 0.15) is 5.92 Å². The van der Waals surface area contributed by atoms with Crippen molar-refractivity contribution in [2.75, 3.05) is 0 Å². The number of fused-ring (bicyclic) bond motifs is 1. The minimum absolute atomic E-state index is 0.299. The SMILES string of the molecule is Cn1c(=NNC(=O)[C@H]2C[C@@H]2[N+](=O)[O-])sc2ccccc21. The number of thiazole rings is 1. The third-order valence-electron chi connectivity index (χ3n) is 3.34. The summed E-state index contributed by atoms with van der Waals surface area (Å²) in [6, 6.07) is 7.07. The average molecular weight is 292 g/mol. The molecule has 20 heavy (non-hydrogen) atoms. The lowest BCUT2D eigenvalue weighted by atomic mass is 10.3. The molecule has 0 bridgehead atoms. The molecule has 1 saturated carbocycles. The second-order valence-electron chi connectivity index (χ2n) is 4.69. The van der Waals surface area contributed by atoms with Gasteiger partial charge in [0.05, 0.1) is 10.2 Å². The first kappa shape index (κ1) is 12.8. The summed E-state index contributed by atoms with van der Waals surface area (Å²) in [7, 11) is 1.86. The standard InChI is InChI=1S/C12H12N4O3S/c1-15-8-4-2-3-5-10(8)20-12(15)14-13-11(17)7-6-9(7)16(18)19/h2-5,7,9H,6H2,1H3,(H,13,17)/t7-,9-/m0/s1. The van der Waals surface area contributed by atoms with Crippen molar-refractivity contribution in [3.05, 3.63) is 39.2 Å². The number of hydrogen-bond acceptors (Lipinski definition) is 5. The van der Waals surface area contributed by atoms with Crippen LogP contribution in [-0.2, 0) is 11.8 Å². The number of nitro groups is 1. The van der Waals surface area contributed by atoms with Crippen LogP contribution in [0.1, 0.15) is 6.42 Å². The largest absolute Gasteiger partial charge is 0.318 e. The summed E-state index contributed by atoms with van der Waals surface area (Å²) >= 11 is 1.45. The van der Waals surface area contributed by atoms with Crippen molar-refractivity contribution in [1.82, 2.24) is 9.99 Å². The van der Waals surface area contributed by atoms with E-state index in [-0.39, 0.29) is 5.91 Å². The number of nitrogens with one attached hydrogen (secondary N) is 1. The van der Waals surface area contributed by atoms with E-state index in [0.717, 1.165) is 10.2 Å². The van der Waals surface area contributed by atoms with Gasteiger partial charge in [0.2, 0.25) is 16.8 Å². The Morgan fingerprint density at radius 1 is 1.55 bits per heavy atom. The Hall–Kier alpha value is -2.22. The molecular formula is C12H12N4O3S. The van der Waals surface area contributed by atoms with E-state index in [1.807, 2.05) is 35.9 Å². The molecule has 0 saturated heterocycles. The van der Waals surface area contributed by atoms with Crippen molar-refractivity contribution in [3.8, 4) is 0 Å². The van der Waals surface area contributed by atoms with Crippen molar-refractivity contribution in [1.29, 1.82) is 0 Å². The summed E-state index contributed by atoms with van der Waals surface area (Å²) in [5.74, 6) is -0.933. The third-order valence-corrected chi connectivity index (χ3v) is 4.45. The maximum absolute atomic E-state index is 11.7. The summed E-state index contributed by atoms with van der Waals surface area (Å²) in [6.07, 6.45) is 0.299. The highest BCUT2D eigenvalue weighted by Gasteiger charge is 2.53. The van der Waals surface area contributed by atoms with E-state index in [4.69, 9.17) is 0 Å². The summed E-state index contributed by atoms with van der Waals surface area (Å²) < 4.78 is 2.94. The molecule has 0 aliphatic heterocycles. The molecule has 8 heteroatoms. The number of hydrogen-bond donors (Lipinski definition) is 1. The average Bonchev–Trinajstić information content (AvgIpc) is 3.18. The molecule has 1 aromatic carbocycles. The lowest BCUT2D eigenvalue weighted by Gasteiger charge is -1.96. The molecule has 1 aliphatic carbocycles. The topological polar surface area (TPSA) is 89.5 Å². The highest BCUT2D eigenvalue weighted by Crippen LogP contribution is 2.32. The lowest BCUT2D eigenvalue weighted by molar-refractivity contribution is -0.497. The minimum Gasteiger partial charge on any atom is -0.318 e. The van der Waals surface area contributed by atoms with Crippen LogP contribution in [0.15, 0.2) is 29.4 Å². The van der Waals surface area contributed by atoms with Crippen molar-refractivity contribution in [3.63, 3.8) is 0 Å². The summed E-state index contributed by atoms with van der Waals surface area (Å²) in [6.45, 7) is 0. The molecule has 7 nitrogen and oxygen atoms in total. The minimum atomic E-state index is -0.749. The van der Waals surface area contributed by atoms with Gasteiger partial charge in [-0.3, -0.25) is 14.9 Å². The van der Waals surface area contributed by atoms with Gasteiger partial charge in [-0.25, -0.2) is 5.43 Å². The van der Waals surface area contributed by atoms with E-state index in [1.165, 1.54) is 11.3 Å². The molecule has 0 spiro atoms. The number of aryl methyl sites for hydroxylation is 1. The van der Waals surface area contributed by atoms with Gasteiger partial charge < -0.3 is 4.57 Å². The number of amides is 1. The second-order valence-corrected chi connectivity index (χ2v) is 5.70. The van der Waals surface area contributed by atoms with Gasteiger partial charge in [0, 0.05) is 18.4 Å². The van der Waals surface area contributed by atoms with E-state index in [0.29, 0.717) is 11.2 Å². The maximum atomic E-state index is 11.7. The van der Waals surface area contributed by atoms with E-state index in [9.17, 15) is 14.9 Å². The molecule has 2 atom stereocenters. The fourth-order valence-corrected chi connectivity index (χ4v) is 3.05. The van der Waals surface area contributed by atoms with Crippen molar-refractivity contribution in [2.45, 2.75) is 12.5 Å². The highest BCUT2D eigenvalue weighted by molar-refractivity contribution is 7.16. The van der Waals surface area contributed by atoms with Crippen LogP contribution in [-0.4, -0.2) is 21.4 Å². The molecule has 3 rings (SSSR count). The van der Waals surface area contributed by atoms with Crippen LogP contribution in [0.25, 0.3) is 10.2 Å². The van der Waals surface area contributed by atoms with Crippen LogP contribution in [0.4, 0.5) is 0 Å². The van der Waals surface area contributed by atoms with Gasteiger partial charge >= 0.3 is 0 Å². The predicted molar refractivity (Wildman–Crippen MR) is 73.4 cm³/mol. The van der Waals surface area contributed by atoms with Crippen LogP contribution in [0.2, 0.25) is 0 Å². The number of benzene rings is 1. The number of carbonyl (C=O) groups excluding carboxylic acids is 1. The Morgan fingerprint density at radius 2 is 2.30 bits per heavy atom. The normalized spacial score (nSPS) is 21.9. The first-order valence-electron chi connectivity index (χ1n) is 6.09. The molecule has 2 aromatic rings. The van der Waals surface area contributed by atoms with Gasteiger partial charge in [0.15, 0.2) is 0 Å². The van der Waals surface area contributed by atoms with E-state index in [2.05, 4.69) is 10.5 Å². The second kappa shape index (κ2) is 4.71. The Kier molecular flexibility index (Phi) is 3.01. The van der Waals surface area contributed by atoms with Gasteiger partial charge in [-0.15, -0.1) is 5.10 Å². The summed E-state index contributed by atoms with van der Waals surface area (Å²) in [5.41, 5.74) is 3.45. The zero-order chi connectivity index (χ0) is 14.3. The Labute approximate surface area is 117 Å². The molecule has 1 heterocycles. The molecule has 1 aromatic heterocycles. The summed E-state index contributed by atoms with van der Waals surface area (Å²) in [4.78, 5) is 22.5. The first-order chi connectivity index (χ1) is 9.58. The number of nitrogens with zero attached hydrogens (tertiary/aromatic N) is 3. The first-order valence-corrected chi connectivity index (χ1v) is 6.91. The fraction of sp³-hybridized carbons (Fsp3) is 0.333.